The molecular formula is C25H20ClF5N4O2S2. The number of nitrogens with zero attached hydrogens (tertiary/aromatic N) is 4. The smallest absolute Gasteiger partial charge is 0.387 e. The van der Waals surface area contributed by atoms with Crippen LogP contribution in [0.3, 0.4) is 0 Å². The van der Waals surface area contributed by atoms with Gasteiger partial charge in [-0.05, 0) is 31.0 Å². The van der Waals surface area contributed by atoms with Crippen molar-refractivity contribution in [1.29, 1.82) is 0 Å². The minimum Gasteiger partial charge on any atom is -0.387 e. The average molecular weight is 603 g/mol. The van der Waals surface area contributed by atoms with Gasteiger partial charge < -0.3 is 14.3 Å². The van der Waals surface area contributed by atoms with Crippen molar-refractivity contribution in [2.75, 3.05) is 13.1 Å². The van der Waals surface area contributed by atoms with E-state index in [9.17, 15) is 26.7 Å². The highest BCUT2D eigenvalue weighted by Crippen LogP contribution is 2.35. The van der Waals surface area contributed by atoms with Crippen LogP contribution in [0.2, 0.25) is 5.02 Å². The Labute approximate surface area is 233 Å². The summed E-state index contributed by atoms with van der Waals surface area (Å²) in [6.45, 7) is 0.893. The molecule has 1 unspecified atom stereocenters. The number of piperidine rings is 1. The van der Waals surface area contributed by atoms with Gasteiger partial charge in [-0.3, -0.25) is 4.79 Å². The predicted molar refractivity (Wildman–Crippen MR) is 140 cm³/mol. The van der Waals surface area contributed by atoms with Crippen molar-refractivity contribution in [3.63, 3.8) is 0 Å². The quantitative estimate of drug-likeness (QED) is 0.252. The zero-order valence-electron chi connectivity index (χ0n) is 20.1. The summed E-state index contributed by atoms with van der Waals surface area (Å²) in [6, 6.07) is 4.24. The van der Waals surface area contributed by atoms with E-state index in [0.29, 0.717) is 48.4 Å². The van der Waals surface area contributed by atoms with Crippen LogP contribution in [0.5, 0.6) is 0 Å². The fourth-order valence-electron chi connectivity index (χ4n) is 4.60. The van der Waals surface area contributed by atoms with E-state index in [1.54, 1.807) is 0 Å². The monoisotopic (exact) mass is 602 g/mol. The second-order valence-corrected chi connectivity index (χ2v) is 11.0. The minimum absolute atomic E-state index is 0.122. The maximum absolute atomic E-state index is 14.1. The highest BCUT2D eigenvalue weighted by atomic mass is 35.5. The molecule has 3 aromatic rings. The first kappa shape index (κ1) is 27.7. The molecule has 1 saturated heterocycles. The Morgan fingerprint density at radius 1 is 1.21 bits per heavy atom. The molecule has 0 bridgehead atoms. The molecule has 6 nitrogen and oxygen atoms in total. The number of benzene rings is 1. The molecule has 0 N–H and O–H groups in total. The third-order valence-electron chi connectivity index (χ3n) is 6.68. The number of thiocarbonyl (C=S) groups is 1. The maximum Gasteiger partial charge on any atom is 0.417 e. The maximum atomic E-state index is 14.1. The van der Waals surface area contributed by atoms with E-state index in [1.165, 1.54) is 29.5 Å². The first-order chi connectivity index (χ1) is 18.5. The molecule has 5 rings (SSSR count). The SMILES string of the molecule is O=c1c(Cl)cc(C(F)(F)F)cn1CC(=S)N1CCC(c2nc(C3=NOC(c4c(F)cccc4F)C3)cs2)CC1. The van der Waals surface area contributed by atoms with Crippen molar-refractivity contribution >= 4 is 45.9 Å². The average Bonchev–Trinajstić information content (AvgIpc) is 3.56. The summed E-state index contributed by atoms with van der Waals surface area (Å²) < 4.78 is 68.6. The normalized spacial score (nSPS) is 18.3. The van der Waals surface area contributed by atoms with Crippen LogP contribution in [-0.4, -0.2) is 38.2 Å². The van der Waals surface area contributed by atoms with Gasteiger partial charge in [-0.15, -0.1) is 11.3 Å². The summed E-state index contributed by atoms with van der Waals surface area (Å²) in [5.41, 5.74) is -0.821. The van der Waals surface area contributed by atoms with Gasteiger partial charge in [0.2, 0.25) is 0 Å². The summed E-state index contributed by atoms with van der Waals surface area (Å²) >= 11 is 12.6. The molecule has 0 saturated carbocycles. The lowest BCUT2D eigenvalue weighted by Gasteiger charge is -2.33. The van der Waals surface area contributed by atoms with Crippen LogP contribution in [-0.2, 0) is 17.6 Å². The molecule has 39 heavy (non-hydrogen) atoms. The molecule has 14 heteroatoms. The van der Waals surface area contributed by atoms with Gasteiger partial charge in [0.25, 0.3) is 5.56 Å². The van der Waals surface area contributed by atoms with Crippen LogP contribution < -0.4 is 5.56 Å². The third-order valence-corrected chi connectivity index (χ3v) is 8.35. The van der Waals surface area contributed by atoms with Gasteiger partial charge in [0.05, 0.1) is 33.4 Å². The predicted octanol–water partition coefficient (Wildman–Crippen LogP) is 6.33. The number of oxime groups is 1. The summed E-state index contributed by atoms with van der Waals surface area (Å²) in [4.78, 5) is 24.5. The number of hydrogen-bond acceptors (Lipinski definition) is 6. The summed E-state index contributed by atoms with van der Waals surface area (Å²) in [7, 11) is 0. The Hall–Kier alpha value is -2.90. The second-order valence-electron chi connectivity index (χ2n) is 9.21. The van der Waals surface area contributed by atoms with E-state index in [2.05, 4.69) is 10.1 Å². The lowest BCUT2D eigenvalue weighted by molar-refractivity contribution is -0.138. The lowest BCUT2D eigenvalue weighted by atomic mass is 9.97. The third kappa shape index (κ3) is 5.85. The van der Waals surface area contributed by atoms with E-state index >= 15 is 0 Å². The molecule has 2 aromatic heterocycles. The Morgan fingerprint density at radius 3 is 2.56 bits per heavy atom. The highest BCUT2D eigenvalue weighted by molar-refractivity contribution is 7.80. The number of alkyl halides is 3. The van der Waals surface area contributed by atoms with Crippen LogP contribution in [0.1, 0.15) is 53.1 Å². The molecular weight excluding hydrogens is 583 g/mol. The topological polar surface area (TPSA) is 59.7 Å². The number of pyridine rings is 1. The van der Waals surface area contributed by atoms with E-state index in [0.717, 1.165) is 15.8 Å². The van der Waals surface area contributed by atoms with Crippen LogP contribution in [0, 0.1) is 11.6 Å². The first-order valence-electron chi connectivity index (χ1n) is 11.9. The Morgan fingerprint density at radius 2 is 1.90 bits per heavy atom. The van der Waals surface area contributed by atoms with Crippen molar-refractivity contribution in [3.05, 3.63) is 84.7 Å². The zero-order chi connectivity index (χ0) is 27.9. The van der Waals surface area contributed by atoms with Gasteiger partial charge >= 0.3 is 6.18 Å². The van der Waals surface area contributed by atoms with Gasteiger partial charge in [-0.1, -0.05) is 35.0 Å². The van der Waals surface area contributed by atoms with E-state index in [1.807, 2.05) is 10.3 Å². The summed E-state index contributed by atoms with van der Waals surface area (Å²) in [6.07, 6.45) is -3.21. The number of thiazole rings is 1. The van der Waals surface area contributed by atoms with Crippen molar-refractivity contribution in [2.24, 2.45) is 5.16 Å². The van der Waals surface area contributed by atoms with Gasteiger partial charge in [-0.2, -0.15) is 13.2 Å². The fourth-order valence-corrected chi connectivity index (χ4v) is 6.15. The van der Waals surface area contributed by atoms with E-state index < -0.39 is 40.1 Å². The molecule has 0 amide bonds. The summed E-state index contributed by atoms with van der Waals surface area (Å²) in [5.74, 6) is -1.27. The molecule has 206 valence electrons. The van der Waals surface area contributed by atoms with Crippen LogP contribution in [0.25, 0.3) is 0 Å². The fraction of sp³-hybridized carbons (Fsp3) is 0.360. The molecule has 2 aliphatic heterocycles. The van der Waals surface area contributed by atoms with Crippen molar-refractivity contribution < 1.29 is 26.8 Å². The zero-order valence-corrected chi connectivity index (χ0v) is 22.4. The Kier molecular flexibility index (Phi) is 7.75. The van der Waals surface area contributed by atoms with Gasteiger partial charge in [-0.25, -0.2) is 13.8 Å². The Balaban J connectivity index is 1.19. The number of likely N-dealkylation sites (tertiary alicyclic amines) is 1. The second kappa shape index (κ2) is 10.9. The van der Waals surface area contributed by atoms with Crippen molar-refractivity contribution in [3.8, 4) is 0 Å². The van der Waals surface area contributed by atoms with Crippen molar-refractivity contribution in [2.45, 2.75) is 44.0 Å². The van der Waals surface area contributed by atoms with Crippen LogP contribution in [0.15, 0.2) is 45.8 Å². The van der Waals surface area contributed by atoms with Crippen LogP contribution in [0.4, 0.5) is 22.0 Å². The molecule has 0 radical (unpaired) electrons. The Bertz CT molecular complexity index is 1480. The number of aromatic nitrogens is 2. The van der Waals surface area contributed by atoms with Crippen LogP contribution >= 0.6 is 35.2 Å². The molecule has 1 atom stereocenters. The van der Waals surface area contributed by atoms with Gasteiger partial charge in [0.1, 0.15) is 22.4 Å². The highest BCUT2D eigenvalue weighted by Gasteiger charge is 2.33. The van der Waals surface area contributed by atoms with Gasteiger partial charge in [0.15, 0.2) is 6.10 Å². The lowest BCUT2D eigenvalue weighted by Crippen LogP contribution is -2.40. The molecule has 2 aliphatic rings. The number of hydrogen-bond donors (Lipinski definition) is 0. The molecule has 1 fully saturated rings. The first-order valence-corrected chi connectivity index (χ1v) is 13.5. The van der Waals surface area contributed by atoms with E-state index in [-0.39, 0.29) is 24.4 Å². The largest absolute Gasteiger partial charge is 0.417 e. The number of halogens is 6. The number of rotatable bonds is 5. The van der Waals surface area contributed by atoms with Gasteiger partial charge in [0, 0.05) is 37.0 Å². The standard InChI is InChI=1S/C25H20ClF5N4O2S2/c26-15-8-14(25(29,30)31)10-35(24(15)36)11-21(38)34-6-4-13(5-7-34)23-32-19(12-39-23)18-9-20(37-33-18)22-16(27)2-1-3-17(22)28/h1-3,8,10,12-13,20H,4-7,9,11H2. The van der Waals surface area contributed by atoms with E-state index in [4.69, 9.17) is 28.7 Å². The molecule has 0 spiro atoms. The summed E-state index contributed by atoms with van der Waals surface area (Å²) in [5, 5.41) is 6.20. The minimum atomic E-state index is -4.64. The molecule has 4 heterocycles. The molecule has 0 aliphatic carbocycles. The molecule has 1 aromatic carbocycles. The van der Waals surface area contributed by atoms with Crippen molar-refractivity contribution in [1.82, 2.24) is 14.5 Å².